The standard InChI is InChI=1S/C24H26FN5O3/c25-19-2-1-3-20-21(19)28-22(27-20)16-4-6-18(7-5-16)26-23(31)17-8-10-29(11-9-17)24(32)30-12-14-33-15-13-30/h1-7,17H,8-15H2,(H,26,31)(H,27,28). The van der Waals surface area contributed by atoms with Crippen molar-refractivity contribution in [3.63, 3.8) is 0 Å². The van der Waals surface area contributed by atoms with Crippen LogP contribution in [-0.4, -0.2) is 71.1 Å². The van der Waals surface area contributed by atoms with E-state index in [0.29, 0.717) is 74.8 Å². The Morgan fingerprint density at radius 2 is 1.70 bits per heavy atom. The van der Waals surface area contributed by atoms with E-state index in [1.807, 2.05) is 34.1 Å². The number of amides is 3. The maximum absolute atomic E-state index is 13.9. The minimum atomic E-state index is -0.364. The molecule has 0 radical (unpaired) electrons. The Labute approximate surface area is 190 Å². The Morgan fingerprint density at radius 3 is 2.39 bits per heavy atom. The number of anilines is 1. The number of ether oxygens (including phenoxy) is 1. The number of halogens is 1. The van der Waals surface area contributed by atoms with Crippen molar-refractivity contribution in [2.45, 2.75) is 12.8 Å². The molecule has 3 heterocycles. The zero-order chi connectivity index (χ0) is 22.8. The van der Waals surface area contributed by atoms with Crippen LogP contribution in [0.15, 0.2) is 42.5 Å². The van der Waals surface area contributed by atoms with E-state index in [2.05, 4.69) is 15.3 Å². The van der Waals surface area contributed by atoms with Crippen LogP contribution in [0.5, 0.6) is 0 Å². The Morgan fingerprint density at radius 1 is 1.00 bits per heavy atom. The molecule has 9 heteroatoms. The van der Waals surface area contributed by atoms with Gasteiger partial charge in [-0.25, -0.2) is 14.2 Å². The van der Waals surface area contributed by atoms with Gasteiger partial charge in [-0.1, -0.05) is 6.07 Å². The van der Waals surface area contributed by atoms with Crippen molar-refractivity contribution in [1.82, 2.24) is 19.8 Å². The van der Waals surface area contributed by atoms with Crippen molar-refractivity contribution < 1.29 is 18.7 Å². The van der Waals surface area contributed by atoms with Gasteiger partial charge in [-0.05, 0) is 49.2 Å². The maximum Gasteiger partial charge on any atom is 0.320 e. The number of hydrogen-bond acceptors (Lipinski definition) is 4. The number of carbonyl (C=O) groups is 2. The zero-order valence-electron chi connectivity index (χ0n) is 18.2. The molecule has 33 heavy (non-hydrogen) atoms. The third-order valence-electron chi connectivity index (χ3n) is 6.31. The third kappa shape index (κ3) is 4.54. The number of urea groups is 1. The van der Waals surface area contributed by atoms with Crippen LogP contribution in [0.25, 0.3) is 22.4 Å². The first-order valence-corrected chi connectivity index (χ1v) is 11.3. The van der Waals surface area contributed by atoms with Crippen LogP contribution in [0, 0.1) is 11.7 Å². The maximum atomic E-state index is 13.9. The van der Waals surface area contributed by atoms with E-state index in [0.717, 1.165) is 5.56 Å². The van der Waals surface area contributed by atoms with E-state index in [-0.39, 0.29) is 23.7 Å². The van der Waals surface area contributed by atoms with Gasteiger partial charge in [-0.15, -0.1) is 0 Å². The molecule has 0 spiro atoms. The molecule has 0 unspecified atom stereocenters. The Kier molecular flexibility index (Phi) is 5.95. The fourth-order valence-corrected chi connectivity index (χ4v) is 4.38. The van der Waals surface area contributed by atoms with Gasteiger partial charge in [0.2, 0.25) is 5.91 Å². The van der Waals surface area contributed by atoms with Gasteiger partial charge in [0.25, 0.3) is 0 Å². The van der Waals surface area contributed by atoms with E-state index in [9.17, 15) is 14.0 Å². The Bertz CT molecular complexity index is 1150. The van der Waals surface area contributed by atoms with Gasteiger partial charge in [0.05, 0.1) is 18.7 Å². The molecule has 2 fully saturated rings. The number of rotatable bonds is 3. The number of aromatic nitrogens is 2. The van der Waals surface area contributed by atoms with Gasteiger partial charge in [0.1, 0.15) is 11.3 Å². The Balaban J connectivity index is 1.16. The quantitative estimate of drug-likeness (QED) is 0.638. The summed E-state index contributed by atoms with van der Waals surface area (Å²) in [6.07, 6.45) is 1.29. The van der Waals surface area contributed by atoms with E-state index in [1.54, 1.807) is 12.1 Å². The summed E-state index contributed by atoms with van der Waals surface area (Å²) in [6.45, 7) is 3.56. The number of piperidine rings is 1. The molecule has 0 atom stereocenters. The lowest BCUT2D eigenvalue weighted by Crippen LogP contribution is -2.51. The first kappa shape index (κ1) is 21.4. The monoisotopic (exact) mass is 451 g/mol. The first-order chi connectivity index (χ1) is 16.1. The second-order valence-corrected chi connectivity index (χ2v) is 8.43. The number of H-pyrrole nitrogens is 1. The highest BCUT2D eigenvalue weighted by Gasteiger charge is 2.30. The number of nitrogens with zero attached hydrogens (tertiary/aromatic N) is 3. The number of benzene rings is 2. The largest absolute Gasteiger partial charge is 0.378 e. The molecule has 0 bridgehead atoms. The number of morpholine rings is 1. The predicted octanol–water partition coefficient (Wildman–Crippen LogP) is 3.47. The molecular formula is C24H26FN5O3. The fourth-order valence-electron chi connectivity index (χ4n) is 4.38. The van der Waals surface area contributed by atoms with Crippen molar-refractivity contribution in [2.24, 2.45) is 5.92 Å². The van der Waals surface area contributed by atoms with Gasteiger partial charge in [-0.2, -0.15) is 0 Å². The van der Waals surface area contributed by atoms with Crippen LogP contribution >= 0.6 is 0 Å². The summed E-state index contributed by atoms with van der Waals surface area (Å²) in [5.74, 6) is 0.0469. The summed E-state index contributed by atoms with van der Waals surface area (Å²) >= 11 is 0. The molecule has 2 N–H and O–H groups in total. The highest BCUT2D eigenvalue weighted by Crippen LogP contribution is 2.25. The van der Waals surface area contributed by atoms with Crippen LogP contribution < -0.4 is 5.32 Å². The SMILES string of the molecule is O=C(Nc1ccc(-c2nc3c(F)cccc3[nH]2)cc1)C1CCN(C(=O)N2CCOCC2)CC1. The van der Waals surface area contributed by atoms with Crippen LogP contribution in [0.1, 0.15) is 12.8 Å². The topological polar surface area (TPSA) is 90.6 Å². The molecule has 172 valence electrons. The van der Waals surface area contributed by atoms with Crippen molar-refractivity contribution in [3.05, 3.63) is 48.3 Å². The molecule has 2 aliphatic rings. The van der Waals surface area contributed by atoms with Gasteiger partial charge in [0.15, 0.2) is 5.82 Å². The highest BCUT2D eigenvalue weighted by atomic mass is 19.1. The van der Waals surface area contributed by atoms with Gasteiger partial charge in [0, 0.05) is 43.3 Å². The summed E-state index contributed by atoms with van der Waals surface area (Å²) in [5.41, 5.74) is 2.44. The zero-order valence-corrected chi connectivity index (χ0v) is 18.2. The van der Waals surface area contributed by atoms with E-state index in [1.165, 1.54) is 6.07 Å². The molecule has 2 aliphatic heterocycles. The summed E-state index contributed by atoms with van der Waals surface area (Å²) in [6, 6.07) is 12.2. The van der Waals surface area contributed by atoms with E-state index >= 15 is 0 Å². The van der Waals surface area contributed by atoms with Crippen LogP contribution in [0.2, 0.25) is 0 Å². The van der Waals surface area contributed by atoms with Gasteiger partial charge >= 0.3 is 6.03 Å². The second-order valence-electron chi connectivity index (χ2n) is 8.43. The highest BCUT2D eigenvalue weighted by molar-refractivity contribution is 5.93. The average Bonchev–Trinajstić information content (AvgIpc) is 3.30. The number of carbonyl (C=O) groups excluding carboxylic acids is 2. The van der Waals surface area contributed by atoms with Crippen LogP contribution in [0.3, 0.4) is 0 Å². The number of nitrogens with one attached hydrogen (secondary N) is 2. The predicted molar refractivity (Wildman–Crippen MR) is 122 cm³/mol. The lowest BCUT2D eigenvalue weighted by Gasteiger charge is -2.36. The number of para-hydroxylation sites is 1. The Hall–Kier alpha value is -3.46. The summed E-state index contributed by atoms with van der Waals surface area (Å²) < 4.78 is 19.2. The van der Waals surface area contributed by atoms with Gasteiger partial charge in [-0.3, -0.25) is 4.79 Å². The number of imidazole rings is 1. The smallest absolute Gasteiger partial charge is 0.320 e. The van der Waals surface area contributed by atoms with E-state index < -0.39 is 0 Å². The molecule has 2 saturated heterocycles. The average molecular weight is 452 g/mol. The lowest BCUT2D eigenvalue weighted by molar-refractivity contribution is -0.121. The normalized spacial score (nSPS) is 17.4. The molecule has 0 aliphatic carbocycles. The number of aromatic amines is 1. The number of likely N-dealkylation sites (tertiary alicyclic amines) is 1. The van der Waals surface area contributed by atoms with Crippen molar-refractivity contribution in [1.29, 1.82) is 0 Å². The van der Waals surface area contributed by atoms with Crippen molar-refractivity contribution >= 4 is 28.7 Å². The molecule has 8 nitrogen and oxygen atoms in total. The minimum Gasteiger partial charge on any atom is -0.378 e. The molecule has 5 rings (SSSR count). The summed E-state index contributed by atoms with van der Waals surface area (Å²) in [4.78, 5) is 36.5. The number of fused-ring (bicyclic) bond motifs is 1. The third-order valence-corrected chi connectivity index (χ3v) is 6.31. The van der Waals surface area contributed by atoms with Crippen molar-refractivity contribution in [3.8, 4) is 11.4 Å². The first-order valence-electron chi connectivity index (χ1n) is 11.3. The van der Waals surface area contributed by atoms with Crippen LogP contribution in [-0.2, 0) is 9.53 Å². The van der Waals surface area contributed by atoms with Crippen molar-refractivity contribution in [2.75, 3.05) is 44.7 Å². The molecule has 1 aromatic heterocycles. The molecule has 3 amide bonds. The van der Waals surface area contributed by atoms with Crippen LogP contribution in [0.4, 0.5) is 14.9 Å². The minimum absolute atomic E-state index is 0.0352. The fraction of sp³-hybridized carbons (Fsp3) is 0.375. The van der Waals surface area contributed by atoms with E-state index in [4.69, 9.17) is 4.74 Å². The summed E-state index contributed by atoms with van der Waals surface area (Å²) in [7, 11) is 0. The second kappa shape index (κ2) is 9.19. The number of hydrogen-bond donors (Lipinski definition) is 2. The van der Waals surface area contributed by atoms with Gasteiger partial charge < -0.3 is 24.8 Å². The molecule has 0 saturated carbocycles. The molecule has 3 aromatic rings. The molecular weight excluding hydrogens is 425 g/mol. The molecule has 2 aromatic carbocycles. The summed E-state index contributed by atoms with van der Waals surface area (Å²) in [5, 5.41) is 2.97. The lowest BCUT2D eigenvalue weighted by atomic mass is 9.96.